The molecule has 0 spiro atoms. The lowest BCUT2D eigenvalue weighted by molar-refractivity contribution is -0.128. The van der Waals surface area contributed by atoms with Crippen LogP contribution in [0.15, 0.2) is 46.9 Å². The Morgan fingerprint density at radius 2 is 1.78 bits per heavy atom. The van der Waals surface area contributed by atoms with Crippen molar-refractivity contribution in [3.63, 3.8) is 0 Å². The molecule has 0 bridgehead atoms. The van der Waals surface area contributed by atoms with E-state index in [1.165, 1.54) is 0 Å². The molecule has 0 saturated carbocycles. The highest BCUT2D eigenvalue weighted by Crippen LogP contribution is 2.35. The van der Waals surface area contributed by atoms with E-state index < -0.39 is 6.10 Å². The first kappa shape index (κ1) is 15.4. The van der Waals surface area contributed by atoms with Crippen molar-refractivity contribution >= 4 is 27.8 Å². The Morgan fingerprint density at radius 1 is 1.09 bits per heavy atom. The van der Waals surface area contributed by atoms with Crippen LogP contribution in [0.1, 0.15) is 27.7 Å². The van der Waals surface area contributed by atoms with Crippen LogP contribution in [0.5, 0.6) is 5.75 Å². The molecule has 3 aromatic rings. The van der Waals surface area contributed by atoms with Crippen molar-refractivity contribution in [3.05, 3.63) is 42.5 Å². The Kier molecular flexibility index (Phi) is 3.76. The largest absolute Gasteiger partial charge is 0.480 e. The second-order valence-corrected chi connectivity index (χ2v) is 6.73. The molecule has 1 N–H and O–H groups in total. The third-order valence-corrected chi connectivity index (χ3v) is 3.54. The predicted molar refractivity (Wildman–Crippen MR) is 91.7 cm³/mol. The topological polar surface area (TPSA) is 51.5 Å². The van der Waals surface area contributed by atoms with Crippen LogP contribution in [0, 0.1) is 0 Å². The first-order chi connectivity index (χ1) is 10.8. The van der Waals surface area contributed by atoms with Gasteiger partial charge in [-0.15, -0.1) is 0 Å². The molecular weight excluding hydrogens is 290 g/mol. The summed E-state index contributed by atoms with van der Waals surface area (Å²) >= 11 is 0. The third-order valence-electron chi connectivity index (χ3n) is 3.54. The van der Waals surface area contributed by atoms with E-state index in [1.54, 1.807) is 6.92 Å². The molecule has 1 aromatic heterocycles. The number of ether oxygens (including phenoxy) is 1. The molecule has 4 heteroatoms. The number of para-hydroxylation sites is 1. The fraction of sp³-hybridized carbons (Fsp3) is 0.316. The molecular formula is C19H21NO3. The molecule has 0 aliphatic carbocycles. The lowest BCUT2D eigenvalue weighted by Gasteiger charge is -2.23. The van der Waals surface area contributed by atoms with E-state index in [0.29, 0.717) is 5.75 Å². The fourth-order valence-corrected chi connectivity index (χ4v) is 2.56. The quantitative estimate of drug-likeness (QED) is 0.786. The first-order valence-electron chi connectivity index (χ1n) is 7.74. The SMILES string of the molecule is CC(Oc1cccc2oc3ccccc3c12)C(=O)NC(C)(C)C. The summed E-state index contributed by atoms with van der Waals surface area (Å²) in [7, 11) is 0. The molecule has 0 fully saturated rings. The van der Waals surface area contributed by atoms with Crippen molar-refractivity contribution in [1.29, 1.82) is 0 Å². The van der Waals surface area contributed by atoms with Gasteiger partial charge < -0.3 is 14.5 Å². The summed E-state index contributed by atoms with van der Waals surface area (Å²) < 4.78 is 11.8. The van der Waals surface area contributed by atoms with Gasteiger partial charge in [0.2, 0.25) is 0 Å². The number of hydrogen-bond acceptors (Lipinski definition) is 3. The van der Waals surface area contributed by atoms with Crippen molar-refractivity contribution in [2.45, 2.75) is 39.3 Å². The second kappa shape index (κ2) is 5.61. The van der Waals surface area contributed by atoms with Crippen molar-refractivity contribution in [1.82, 2.24) is 5.32 Å². The van der Waals surface area contributed by atoms with Crippen molar-refractivity contribution in [3.8, 4) is 5.75 Å². The van der Waals surface area contributed by atoms with Crippen molar-refractivity contribution < 1.29 is 13.9 Å². The Balaban J connectivity index is 1.95. The number of fused-ring (bicyclic) bond motifs is 3. The molecule has 0 aliphatic rings. The van der Waals surface area contributed by atoms with Gasteiger partial charge in [-0.1, -0.05) is 24.3 Å². The van der Waals surface area contributed by atoms with Crippen molar-refractivity contribution in [2.75, 3.05) is 0 Å². The zero-order valence-corrected chi connectivity index (χ0v) is 13.8. The van der Waals surface area contributed by atoms with Gasteiger partial charge >= 0.3 is 0 Å². The van der Waals surface area contributed by atoms with E-state index in [2.05, 4.69) is 5.32 Å². The van der Waals surface area contributed by atoms with Crippen LogP contribution < -0.4 is 10.1 Å². The average molecular weight is 311 g/mol. The molecule has 4 nitrogen and oxygen atoms in total. The van der Waals surface area contributed by atoms with Crippen molar-refractivity contribution in [2.24, 2.45) is 0 Å². The van der Waals surface area contributed by atoms with E-state index in [9.17, 15) is 4.79 Å². The maximum absolute atomic E-state index is 12.2. The van der Waals surface area contributed by atoms with Gasteiger partial charge in [0.05, 0.1) is 5.39 Å². The molecule has 2 aromatic carbocycles. The number of rotatable bonds is 3. The summed E-state index contributed by atoms with van der Waals surface area (Å²) in [6.07, 6.45) is -0.589. The lowest BCUT2D eigenvalue weighted by atomic mass is 10.1. The minimum atomic E-state index is -0.589. The summed E-state index contributed by atoms with van der Waals surface area (Å²) in [6, 6.07) is 13.5. The molecule has 1 atom stereocenters. The Bertz CT molecular complexity index is 858. The minimum Gasteiger partial charge on any atom is -0.480 e. The number of nitrogens with one attached hydrogen (secondary N) is 1. The molecule has 0 aliphatic heterocycles. The third kappa shape index (κ3) is 3.16. The smallest absolute Gasteiger partial charge is 0.261 e. The number of carbonyl (C=O) groups excluding carboxylic acids is 1. The highest BCUT2D eigenvalue weighted by molar-refractivity contribution is 6.08. The highest BCUT2D eigenvalue weighted by atomic mass is 16.5. The minimum absolute atomic E-state index is 0.137. The Labute approximate surface area is 135 Å². The number of carbonyl (C=O) groups is 1. The highest BCUT2D eigenvalue weighted by Gasteiger charge is 2.22. The average Bonchev–Trinajstić information content (AvgIpc) is 2.84. The Hall–Kier alpha value is -2.49. The summed E-state index contributed by atoms with van der Waals surface area (Å²) in [5, 5.41) is 4.82. The van der Waals surface area contributed by atoms with E-state index >= 15 is 0 Å². The van der Waals surface area contributed by atoms with Gasteiger partial charge in [-0.05, 0) is 45.9 Å². The lowest BCUT2D eigenvalue weighted by Crippen LogP contribution is -2.46. The predicted octanol–water partition coefficient (Wildman–Crippen LogP) is 4.27. The summed E-state index contributed by atoms with van der Waals surface area (Å²) in [4.78, 5) is 12.2. The number of furan rings is 1. The zero-order chi connectivity index (χ0) is 16.6. The molecule has 23 heavy (non-hydrogen) atoms. The number of hydrogen-bond donors (Lipinski definition) is 1. The second-order valence-electron chi connectivity index (χ2n) is 6.73. The van der Waals surface area contributed by atoms with Gasteiger partial charge in [-0.3, -0.25) is 4.79 Å². The summed E-state index contributed by atoms with van der Waals surface area (Å²) in [5.74, 6) is 0.520. The van der Waals surface area contributed by atoms with Crippen LogP contribution in [0.4, 0.5) is 0 Å². The van der Waals surface area contributed by atoms with Crippen LogP contribution in [0.2, 0.25) is 0 Å². The first-order valence-corrected chi connectivity index (χ1v) is 7.74. The number of amides is 1. The zero-order valence-electron chi connectivity index (χ0n) is 13.8. The maximum Gasteiger partial charge on any atom is 0.261 e. The molecule has 0 saturated heterocycles. The Morgan fingerprint density at radius 3 is 2.52 bits per heavy atom. The molecule has 3 rings (SSSR count). The van der Waals surface area contributed by atoms with E-state index in [-0.39, 0.29) is 11.4 Å². The van der Waals surface area contributed by atoms with Gasteiger partial charge in [0.25, 0.3) is 5.91 Å². The van der Waals surface area contributed by atoms with Gasteiger partial charge in [-0.25, -0.2) is 0 Å². The van der Waals surface area contributed by atoms with Crippen LogP contribution >= 0.6 is 0 Å². The van der Waals surface area contributed by atoms with Crippen LogP contribution in [0.3, 0.4) is 0 Å². The standard InChI is InChI=1S/C19H21NO3/c1-12(18(21)20-19(2,3)4)22-15-10-7-11-16-17(15)13-8-5-6-9-14(13)23-16/h5-12H,1-4H3,(H,20,21). The molecule has 1 unspecified atom stereocenters. The van der Waals surface area contributed by atoms with E-state index in [4.69, 9.17) is 9.15 Å². The summed E-state index contributed by atoms with van der Waals surface area (Å²) in [6.45, 7) is 7.59. The van der Waals surface area contributed by atoms with Gasteiger partial charge in [0.15, 0.2) is 6.10 Å². The van der Waals surface area contributed by atoms with Gasteiger partial charge in [-0.2, -0.15) is 0 Å². The normalized spacial score (nSPS) is 13.2. The van der Waals surface area contributed by atoms with E-state index in [1.807, 2.05) is 63.2 Å². The van der Waals surface area contributed by atoms with E-state index in [0.717, 1.165) is 21.9 Å². The summed E-state index contributed by atoms with van der Waals surface area (Å²) in [5.41, 5.74) is 1.28. The number of benzene rings is 2. The van der Waals surface area contributed by atoms with Gasteiger partial charge in [0.1, 0.15) is 16.9 Å². The fourth-order valence-electron chi connectivity index (χ4n) is 2.56. The van der Waals surface area contributed by atoms with Crippen LogP contribution in [0.25, 0.3) is 21.9 Å². The monoisotopic (exact) mass is 311 g/mol. The van der Waals surface area contributed by atoms with Crippen LogP contribution in [-0.2, 0) is 4.79 Å². The maximum atomic E-state index is 12.2. The van der Waals surface area contributed by atoms with Gasteiger partial charge in [0, 0.05) is 10.9 Å². The molecule has 120 valence electrons. The molecule has 1 amide bonds. The van der Waals surface area contributed by atoms with Crippen LogP contribution in [-0.4, -0.2) is 17.6 Å². The molecule has 1 heterocycles. The molecule has 0 radical (unpaired) electrons.